The molecule has 134 valence electrons. The van der Waals surface area contributed by atoms with E-state index in [1.807, 2.05) is 24.4 Å². The van der Waals surface area contributed by atoms with Gasteiger partial charge in [0.15, 0.2) is 5.96 Å². The van der Waals surface area contributed by atoms with Crippen LogP contribution in [-0.4, -0.2) is 47.6 Å². The van der Waals surface area contributed by atoms with Crippen molar-refractivity contribution in [2.24, 2.45) is 10.9 Å². The number of piperidine rings is 1. The van der Waals surface area contributed by atoms with Crippen LogP contribution >= 0.6 is 0 Å². The molecule has 1 aliphatic rings. The Hall–Kier alpha value is -1.62. The van der Waals surface area contributed by atoms with Gasteiger partial charge in [0.25, 0.3) is 0 Å². The van der Waals surface area contributed by atoms with Crippen molar-refractivity contribution in [2.75, 3.05) is 26.2 Å². The van der Waals surface area contributed by atoms with Crippen LogP contribution in [0.25, 0.3) is 0 Å². The van der Waals surface area contributed by atoms with Gasteiger partial charge in [0.2, 0.25) is 0 Å². The summed E-state index contributed by atoms with van der Waals surface area (Å²) in [6.45, 7) is 13.8. The van der Waals surface area contributed by atoms with E-state index in [4.69, 9.17) is 0 Å². The lowest BCUT2D eigenvalue weighted by Crippen LogP contribution is -2.56. The lowest BCUT2D eigenvalue weighted by molar-refractivity contribution is 0.0739. The van der Waals surface area contributed by atoms with Gasteiger partial charge in [0.05, 0.1) is 12.2 Å². The number of nitrogens with zero attached hydrogens (tertiary/aromatic N) is 3. The quantitative estimate of drug-likeness (QED) is 0.621. The predicted molar refractivity (Wildman–Crippen MR) is 101 cm³/mol. The summed E-state index contributed by atoms with van der Waals surface area (Å²) in [5, 5.41) is 6.84. The lowest BCUT2D eigenvalue weighted by atomic mass is 9.93. The summed E-state index contributed by atoms with van der Waals surface area (Å²) in [5.74, 6) is 1.66. The van der Waals surface area contributed by atoms with Crippen LogP contribution in [-0.2, 0) is 6.54 Å². The number of rotatable bonds is 6. The number of guanidine groups is 1. The maximum atomic E-state index is 4.66. The molecule has 0 radical (unpaired) electrons. The van der Waals surface area contributed by atoms with Crippen LogP contribution in [0.5, 0.6) is 0 Å². The molecule has 0 bridgehead atoms. The predicted octanol–water partition coefficient (Wildman–Crippen LogP) is 2.65. The van der Waals surface area contributed by atoms with Crippen LogP contribution in [0.4, 0.5) is 0 Å². The highest BCUT2D eigenvalue weighted by atomic mass is 15.2. The molecule has 1 aliphatic heterocycles. The second-order valence-corrected chi connectivity index (χ2v) is 7.38. The number of pyridine rings is 1. The number of nitrogens with one attached hydrogen (secondary N) is 2. The first-order valence-corrected chi connectivity index (χ1v) is 9.18. The van der Waals surface area contributed by atoms with Crippen molar-refractivity contribution < 1.29 is 0 Å². The molecule has 1 aromatic heterocycles. The van der Waals surface area contributed by atoms with E-state index in [0.29, 0.717) is 6.54 Å². The number of hydrogen-bond donors (Lipinski definition) is 2. The van der Waals surface area contributed by atoms with E-state index in [-0.39, 0.29) is 5.54 Å². The number of aromatic nitrogens is 1. The van der Waals surface area contributed by atoms with Crippen molar-refractivity contribution in [3.8, 4) is 0 Å². The monoisotopic (exact) mass is 331 g/mol. The molecule has 1 saturated heterocycles. The average molecular weight is 332 g/mol. The summed E-state index contributed by atoms with van der Waals surface area (Å²) in [6.07, 6.45) is 4.47. The first-order chi connectivity index (χ1) is 11.5. The van der Waals surface area contributed by atoms with Crippen molar-refractivity contribution in [1.29, 1.82) is 0 Å². The van der Waals surface area contributed by atoms with Gasteiger partial charge >= 0.3 is 0 Å². The molecule has 2 rings (SSSR count). The minimum Gasteiger partial charge on any atom is -0.357 e. The Morgan fingerprint density at radius 3 is 2.88 bits per heavy atom. The third-order valence-corrected chi connectivity index (χ3v) is 4.67. The molecule has 5 heteroatoms. The maximum Gasteiger partial charge on any atom is 0.191 e. The zero-order valence-electron chi connectivity index (χ0n) is 15.7. The molecule has 1 atom stereocenters. The van der Waals surface area contributed by atoms with Crippen molar-refractivity contribution >= 4 is 5.96 Å². The van der Waals surface area contributed by atoms with Gasteiger partial charge in [-0.1, -0.05) is 13.0 Å². The molecule has 0 saturated carbocycles. The third-order valence-electron chi connectivity index (χ3n) is 4.67. The SMILES string of the molecule is CCNC(=NCc1ccccn1)NCC(C)(C)N1CCCC(C)C1. The summed E-state index contributed by atoms with van der Waals surface area (Å²) in [5.41, 5.74) is 1.11. The van der Waals surface area contributed by atoms with Gasteiger partial charge in [-0.05, 0) is 58.2 Å². The number of aliphatic imine (C=N–C) groups is 1. The molecule has 1 aromatic rings. The Bertz CT molecular complexity index is 512. The molecule has 24 heavy (non-hydrogen) atoms. The van der Waals surface area contributed by atoms with Gasteiger partial charge < -0.3 is 10.6 Å². The highest BCUT2D eigenvalue weighted by Crippen LogP contribution is 2.23. The van der Waals surface area contributed by atoms with Gasteiger partial charge in [0.1, 0.15) is 0 Å². The van der Waals surface area contributed by atoms with Crippen molar-refractivity contribution in [3.05, 3.63) is 30.1 Å². The van der Waals surface area contributed by atoms with E-state index >= 15 is 0 Å². The molecular formula is C19H33N5. The van der Waals surface area contributed by atoms with Crippen LogP contribution < -0.4 is 10.6 Å². The summed E-state index contributed by atoms with van der Waals surface area (Å²) in [6, 6.07) is 5.93. The maximum absolute atomic E-state index is 4.66. The minimum atomic E-state index is 0.121. The van der Waals surface area contributed by atoms with Gasteiger partial charge in [-0.2, -0.15) is 0 Å². The van der Waals surface area contributed by atoms with Crippen LogP contribution in [0.1, 0.15) is 46.2 Å². The molecule has 0 aliphatic carbocycles. The van der Waals surface area contributed by atoms with Crippen molar-refractivity contribution in [2.45, 2.75) is 52.6 Å². The molecule has 5 nitrogen and oxygen atoms in total. The summed E-state index contributed by atoms with van der Waals surface area (Å²) in [4.78, 5) is 11.6. The molecular weight excluding hydrogens is 298 g/mol. The fraction of sp³-hybridized carbons (Fsp3) is 0.684. The van der Waals surface area contributed by atoms with E-state index in [0.717, 1.165) is 30.7 Å². The Labute approximate surface area is 147 Å². The molecule has 0 amide bonds. The topological polar surface area (TPSA) is 52.6 Å². The molecule has 0 aromatic carbocycles. The lowest BCUT2D eigenvalue weighted by Gasteiger charge is -2.43. The number of likely N-dealkylation sites (tertiary alicyclic amines) is 1. The van der Waals surface area contributed by atoms with Gasteiger partial charge in [-0.15, -0.1) is 0 Å². The molecule has 1 unspecified atom stereocenters. The smallest absolute Gasteiger partial charge is 0.191 e. The normalized spacial score (nSPS) is 20.0. The molecule has 2 N–H and O–H groups in total. The van der Waals surface area contributed by atoms with Crippen molar-refractivity contribution in [3.63, 3.8) is 0 Å². The van der Waals surface area contributed by atoms with E-state index in [9.17, 15) is 0 Å². The first-order valence-electron chi connectivity index (χ1n) is 9.18. The first kappa shape index (κ1) is 18.7. The van der Waals surface area contributed by atoms with E-state index < -0.39 is 0 Å². The Morgan fingerprint density at radius 1 is 1.38 bits per heavy atom. The highest BCUT2D eigenvalue weighted by molar-refractivity contribution is 5.79. The van der Waals surface area contributed by atoms with Crippen LogP contribution in [0, 0.1) is 5.92 Å². The standard InChI is InChI=1S/C19H33N5/c1-5-20-18(22-13-17-10-6-7-11-21-17)23-15-19(3,4)24-12-8-9-16(2)14-24/h6-7,10-11,16H,5,8-9,12-15H2,1-4H3,(H2,20,22,23). The summed E-state index contributed by atoms with van der Waals surface area (Å²) >= 11 is 0. The van der Waals surface area contributed by atoms with Crippen LogP contribution in [0.2, 0.25) is 0 Å². The zero-order valence-corrected chi connectivity index (χ0v) is 15.7. The Balaban J connectivity index is 1.92. The molecule has 2 heterocycles. The second kappa shape index (κ2) is 9.02. The van der Waals surface area contributed by atoms with Gasteiger partial charge in [-0.25, -0.2) is 4.99 Å². The van der Waals surface area contributed by atoms with Crippen molar-refractivity contribution in [1.82, 2.24) is 20.5 Å². The Kier molecular flexibility index (Phi) is 7.03. The van der Waals surface area contributed by atoms with Gasteiger partial charge in [-0.3, -0.25) is 9.88 Å². The fourth-order valence-electron chi connectivity index (χ4n) is 3.14. The van der Waals surface area contributed by atoms with E-state index in [2.05, 4.69) is 53.2 Å². The summed E-state index contributed by atoms with van der Waals surface area (Å²) in [7, 11) is 0. The third kappa shape index (κ3) is 5.78. The van der Waals surface area contributed by atoms with Gasteiger partial charge in [0, 0.05) is 31.4 Å². The molecule has 1 fully saturated rings. The van der Waals surface area contributed by atoms with Crippen LogP contribution in [0.3, 0.4) is 0 Å². The largest absolute Gasteiger partial charge is 0.357 e. The van der Waals surface area contributed by atoms with Crippen LogP contribution in [0.15, 0.2) is 29.4 Å². The molecule has 0 spiro atoms. The minimum absolute atomic E-state index is 0.121. The van der Waals surface area contributed by atoms with E-state index in [1.54, 1.807) is 0 Å². The highest BCUT2D eigenvalue weighted by Gasteiger charge is 2.30. The fourth-order valence-corrected chi connectivity index (χ4v) is 3.14. The number of hydrogen-bond acceptors (Lipinski definition) is 3. The second-order valence-electron chi connectivity index (χ2n) is 7.38. The Morgan fingerprint density at radius 2 is 2.21 bits per heavy atom. The average Bonchev–Trinajstić information content (AvgIpc) is 2.58. The van der Waals surface area contributed by atoms with E-state index in [1.165, 1.54) is 25.9 Å². The summed E-state index contributed by atoms with van der Waals surface area (Å²) < 4.78 is 0. The zero-order chi connectivity index (χ0) is 17.4.